The molecule has 1 heterocycles. The second-order valence-corrected chi connectivity index (χ2v) is 5.10. The molecular weight excluding hydrogens is 236 g/mol. The summed E-state index contributed by atoms with van der Waals surface area (Å²) in [6, 6.07) is 6.17. The topological polar surface area (TPSA) is 42.9 Å². The van der Waals surface area contributed by atoms with Crippen LogP contribution in [0.3, 0.4) is 0 Å². The molecule has 3 nitrogen and oxygen atoms in total. The highest BCUT2D eigenvalue weighted by Crippen LogP contribution is 2.26. The van der Waals surface area contributed by atoms with E-state index < -0.39 is 0 Å². The molecule has 0 spiro atoms. The first-order valence-electron chi connectivity index (χ1n) is 6.62. The Morgan fingerprint density at radius 1 is 1.11 bits per heavy atom. The van der Waals surface area contributed by atoms with Gasteiger partial charge in [-0.2, -0.15) is 0 Å². The number of aromatic nitrogens is 2. The van der Waals surface area contributed by atoms with Crippen molar-refractivity contribution in [3.05, 3.63) is 46.8 Å². The van der Waals surface area contributed by atoms with Crippen LogP contribution >= 0.6 is 0 Å². The van der Waals surface area contributed by atoms with Crippen LogP contribution in [0.15, 0.2) is 24.4 Å². The molecule has 1 aliphatic rings. The third kappa shape index (κ3) is 2.05. The summed E-state index contributed by atoms with van der Waals surface area (Å²) in [5.41, 5.74) is 5.04. The van der Waals surface area contributed by atoms with Gasteiger partial charge >= 0.3 is 0 Å². The van der Waals surface area contributed by atoms with Gasteiger partial charge in [-0.25, -0.2) is 9.97 Å². The van der Waals surface area contributed by atoms with E-state index in [2.05, 4.69) is 35.9 Å². The van der Waals surface area contributed by atoms with Gasteiger partial charge in [0.05, 0.1) is 11.3 Å². The van der Waals surface area contributed by atoms with E-state index in [-0.39, 0.29) is 5.78 Å². The van der Waals surface area contributed by atoms with E-state index >= 15 is 0 Å². The molecule has 0 atom stereocenters. The molecule has 0 fully saturated rings. The van der Waals surface area contributed by atoms with E-state index in [9.17, 15) is 4.79 Å². The molecule has 0 radical (unpaired) electrons. The highest BCUT2D eigenvalue weighted by molar-refractivity contribution is 5.97. The number of carbonyl (C=O) groups is 1. The third-order valence-corrected chi connectivity index (χ3v) is 3.69. The zero-order chi connectivity index (χ0) is 13.4. The van der Waals surface area contributed by atoms with Gasteiger partial charge in [0.25, 0.3) is 0 Å². The molecular formula is C16H16N2O. The number of fused-ring (bicyclic) bond motifs is 1. The van der Waals surface area contributed by atoms with Gasteiger partial charge in [0.15, 0.2) is 11.6 Å². The summed E-state index contributed by atoms with van der Waals surface area (Å²) >= 11 is 0. The highest BCUT2D eigenvalue weighted by atomic mass is 16.1. The predicted molar refractivity (Wildman–Crippen MR) is 74.2 cm³/mol. The Balaban J connectivity index is 2.15. The standard InChI is InChI=1S/C16H16N2O/c1-10-5-3-6-11(2)15(10)16-17-9-12-13(18-16)7-4-8-14(12)19/h3,5-6,9H,4,7-8H2,1-2H3. The van der Waals surface area contributed by atoms with E-state index in [0.29, 0.717) is 12.0 Å². The normalized spacial score (nSPS) is 14.3. The van der Waals surface area contributed by atoms with Crippen molar-refractivity contribution in [2.75, 3.05) is 0 Å². The summed E-state index contributed by atoms with van der Waals surface area (Å²) in [5, 5.41) is 0. The molecule has 3 rings (SSSR count). The van der Waals surface area contributed by atoms with Gasteiger partial charge < -0.3 is 0 Å². The SMILES string of the molecule is Cc1cccc(C)c1-c1ncc2c(n1)CCCC2=O. The smallest absolute Gasteiger partial charge is 0.166 e. The number of nitrogens with zero attached hydrogens (tertiary/aromatic N) is 2. The molecule has 1 aromatic carbocycles. The predicted octanol–water partition coefficient (Wildman–Crippen LogP) is 3.28. The lowest BCUT2D eigenvalue weighted by molar-refractivity contribution is 0.0971. The largest absolute Gasteiger partial charge is 0.294 e. The molecule has 1 aliphatic carbocycles. The second-order valence-electron chi connectivity index (χ2n) is 5.10. The van der Waals surface area contributed by atoms with Crippen LogP contribution in [0.4, 0.5) is 0 Å². The summed E-state index contributed by atoms with van der Waals surface area (Å²) in [7, 11) is 0. The van der Waals surface area contributed by atoms with Gasteiger partial charge in [-0.05, 0) is 37.8 Å². The van der Waals surface area contributed by atoms with Crippen molar-refractivity contribution in [3.63, 3.8) is 0 Å². The Hall–Kier alpha value is -2.03. The first kappa shape index (κ1) is 12.0. The summed E-state index contributed by atoms with van der Waals surface area (Å²) in [6.07, 6.45) is 4.10. The third-order valence-electron chi connectivity index (χ3n) is 3.69. The van der Waals surface area contributed by atoms with Gasteiger partial charge in [-0.15, -0.1) is 0 Å². The van der Waals surface area contributed by atoms with Crippen molar-refractivity contribution in [1.82, 2.24) is 9.97 Å². The Bertz CT molecular complexity index is 642. The summed E-state index contributed by atoms with van der Waals surface area (Å²) in [5.74, 6) is 0.915. The van der Waals surface area contributed by atoms with Crippen molar-refractivity contribution in [2.45, 2.75) is 33.1 Å². The lowest BCUT2D eigenvalue weighted by atomic mass is 9.95. The molecule has 19 heavy (non-hydrogen) atoms. The number of aryl methyl sites for hydroxylation is 3. The molecule has 0 N–H and O–H groups in total. The lowest BCUT2D eigenvalue weighted by Crippen LogP contribution is -2.14. The maximum atomic E-state index is 11.8. The fourth-order valence-corrected chi connectivity index (χ4v) is 2.68. The summed E-state index contributed by atoms with van der Waals surface area (Å²) in [6.45, 7) is 4.13. The summed E-state index contributed by atoms with van der Waals surface area (Å²) < 4.78 is 0. The quantitative estimate of drug-likeness (QED) is 0.782. The number of hydrogen-bond donors (Lipinski definition) is 0. The number of benzene rings is 1. The molecule has 0 saturated heterocycles. The lowest BCUT2D eigenvalue weighted by Gasteiger charge is -2.15. The maximum Gasteiger partial charge on any atom is 0.166 e. The van der Waals surface area contributed by atoms with Crippen molar-refractivity contribution in [3.8, 4) is 11.4 Å². The van der Waals surface area contributed by atoms with Gasteiger partial charge in [0.1, 0.15) is 0 Å². The van der Waals surface area contributed by atoms with Crippen LogP contribution in [-0.2, 0) is 6.42 Å². The van der Waals surface area contributed by atoms with E-state index in [1.165, 1.54) is 11.1 Å². The van der Waals surface area contributed by atoms with Crippen molar-refractivity contribution >= 4 is 5.78 Å². The zero-order valence-corrected chi connectivity index (χ0v) is 11.2. The van der Waals surface area contributed by atoms with Crippen LogP contribution in [0, 0.1) is 13.8 Å². The first-order chi connectivity index (χ1) is 9.16. The number of rotatable bonds is 1. The maximum absolute atomic E-state index is 11.8. The Morgan fingerprint density at radius 3 is 2.58 bits per heavy atom. The molecule has 0 saturated carbocycles. The Labute approximate surface area is 112 Å². The van der Waals surface area contributed by atoms with Crippen LogP contribution in [0.25, 0.3) is 11.4 Å². The Kier molecular flexibility index (Phi) is 2.90. The van der Waals surface area contributed by atoms with Crippen molar-refractivity contribution in [2.24, 2.45) is 0 Å². The van der Waals surface area contributed by atoms with Crippen LogP contribution in [0.1, 0.15) is 40.0 Å². The van der Waals surface area contributed by atoms with E-state index in [4.69, 9.17) is 0 Å². The van der Waals surface area contributed by atoms with Gasteiger partial charge in [0.2, 0.25) is 0 Å². The van der Waals surface area contributed by atoms with Gasteiger partial charge in [0, 0.05) is 18.2 Å². The minimum atomic E-state index is 0.175. The average Bonchev–Trinajstić information content (AvgIpc) is 2.39. The summed E-state index contributed by atoms with van der Waals surface area (Å²) in [4.78, 5) is 20.8. The molecule has 0 bridgehead atoms. The molecule has 0 aliphatic heterocycles. The van der Waals surface area contributed by atoms with Crippen LogP contribution in [0.5, 0.6) is 0 Å². The minimum absolute atomic E-state index is 0.175. The number of carbonyl (C=O) groups excluding carboxylic acids is 1. The number of ketones is 1. The second kappa shape index (κ2) is 4.57. The number of hydrogen-bond acceptors (Lipinski definition) is 3. The van der Waals surface area contributed by atoms with Gasteiger partial charge in [-0.3, -0.25) is 4.79 Å². The van der Waals surface area contributed by atoms with Crippen LogP contribution < -0.4 is 0 Å². The fraction of sp³-hybridized carbons (Fsp3) is 0.312. The Morgan fingerprint density at radius 2 is 1.84 bits per heavy atom. The molecule has 0 amide bonds. The van der Waals surface area contributed by atoms with E-state index in [1.54, 1.807) is 6.20 Å². The van der Waals surface area contributed by atoms with Crippen molar-refractivity contribution < 1.29 is 4.79 Å². The van der Waals surface area contributed by atoms with Crippen LogP contribution in [0.2, 0.25) is 0 Å². The first-order valence-corrected chi connectivity index (χ1v) is 6.62. The monoisotopic (exact) mass is 252 g/mol. The van der Waals surface area contributed by atoms with Crippen LogP contribution in [-0.4, -0.2) is 15.8 Å². The fourth-order valence-electron chi connectivity index (χ4n) is 2.68. The molecule has 96 valence electrons. The molecule has 3 heteroatoms. The average molecular weight is 252 g/mol. The van der Waals surface area contributed by atoms with E-state index in [1.807, 2.05) is 6.07 Å². The molecule has 1 aromatic heterocycles. The molecule has 2 aromatic rings. The number of Topliss-reactive ketones (excluding diaryl/α,β-unsaturated/α-hetero) is 1. The molecule has 0 unspecified atom stereocenters. The highest BCUT2D eigenvalue weighted by Gasteiger charge is 2.20. The van der Waals surface area contributed by atoms with Gasteiger partial charge in [-0.1, -0.05) is 18.2 Å². The van der Waals surface area contributed by atoms with E-state index in [0.717, 1.165) is 29.9 Å². The van der Waals surface area contributed by atoms with Crippen molar-refractivity contribution in [1.29, 1.82) is 0 Å². The zero-order valence-electron chi connectivity index (χ0n) is 11.2. The minimum Gasteiger partial charge on any atom is -0.294 e.